The van der Waals surface area contributed by atoms with Gasteiger partial charge in [0, 0.05) is 49.8 Å². The number of hydrogen-bond donors (Lipinski definition) is 2. The van der Waals surface area contributed by atoms with Gasteiger partial charge in [-0.25, -0.2) is 9.37 Å². The van der Waals surface area contributed by atoms with Crippen molar-refractivity contribution in [2.24, 2.45) is 0 Å². The number of nitrogens with one attached hydrogen (secondary N) is 1. The fraction of sp³-hybridized carbons (Fsp3) is 0.182. The smallest absolute Gasteiger partial charge is 0.258 e. The minimum atomic E-state index is -0.759. The van der Waals surface area contributed by atoms with Crippen LogP contribution in [0.5, 0.6) is 5.75 Å². The van der Waals surface area contributed by atoms with E-state index < -0.39 is 11.7 Å². The molecule has 0 bridgehead atoms. The number of aromatic hydroxyl groups is 1. The van der Waals surface area contributed by atoms with Gasteiger partial charge in [0.05, 0.1) is 5.56 Å². The molecule has 0 atom stereocenters. The van der Waals surface area contributed by atoms with Gasteiger partial charge >= 0.3 is 0 Å². The number of nitrogens with zero attached hydrogens (tertiary/aromatic N) is 3. The lowest BCUT2D eigenvalue weighted by atomic mass is 10.1. The summed E-state index contributed by atoms with van der Waals surface area (Å²) in [5, 5.41) is 11.9. The number of anilines is 3. The van der Waals surface area contributed by atoms with Crippen LogP contribution in [0.2, 0.25) is 0 Å². The Bertz CT molecular complexity index is 987. The zero-order chi connectivity index (χ0) is 20.2. The van der Waals surface area contributed by atoms with Crippen molar-refractivity contribution in [1.29, 1.82) is 0 Å². The van der Waals surface area contributed by atoms with E-state index >= 15 is 0 Å². The van der Waals surface area contributed by atoms with E-state index in [1.165, 1.54) is 12.1 Å². The van der Waals surface area contributed by atoms with Crippen molar-refractivity contribution in [3.8, 4) is 5.75 Å². The van der Waals surface area contributed by atoms with Crippen LogP contribution in [0.4, 0.5) is 21.6 Å². The summed E-state index contributed by atoms with van der Waals surface area (Å²) in [4.78, 5) is 21.2. The number of phenols is 1. The van der Waals surface area contributed by atoms with E-state index in [1.807, 2.05) is 30.3 Å². The topological polar surface area (TPSA) is 68.7 Å². The van der Waals surface area contributed by atoms with Gasteiger partial charge in [0.25, 0.3) is 5.91 Å². The first-order chi connectivity index (χ1) is 14.1. The predicted octanol–water partition coefficient (Wildman–Crippen LogP) is 3.51. The third kappa shape index (κ3) is 4.29. The molecule has 29 heavy (non-hydrogen) atoms. The maximum atomic E-state index is 13.8. The first kappa shape index (κ1) is 18.7. The van der Waals surface area contributed by atoms with E-state index in [2.05, 4.69) is 20.1 Å². The molecule has 6 nitrogen and oxygen atoms in total. The number of benzene rings is 2. The maximum absolute atomic E-state index is 13.8. The molecule has 1 fully saturated rings. The second kappa shape index (κ2) is 8.18. The van der Waals surface area contributed by atoms with Gasteiger partial charge in [-0.05, 0) is 48.5 Å². The Hall–Kier alpha value is -3.61. The second-order valence-electron chi connectivity index (χ2n) is 6.83. The van der Waals surface area contributed by atoms with Crippen LogP contribution in [-0.4, -0.2) is 42.2 Å². The molecular formula is C22H21FN4O2. The summed E-state index contributed by atoms with van der Waals surface area (Å²) in [6, 6.07) is 16.9. The monoisotopic (exact) mass is 392 g/mol. The number of aromatic nitrogens is 1. The zero-order valence-electron chi connectivity index (χ0n) is 15.8. The summed E-state index contributed by atoms with van der Waals surface area (Å²) < 4.78 is 13.8. The molecular weight excluding hydrogens is 371 g/mol. The summed E-state index contributed by atoms with van der Waals surface area (Å²) in [5.41, 5.74) is 1.54. The molecule has 1 saturated heterocycles. The molecule has 2 heterocycles. The number of halogens is 1. The number of phenolic OH excluding ortho intramolecular Hbond substituents is 1. The summed E-state index contributed by atoms with van der Waals surface area (Å²) in [6.45, 7) is 3.52. The van der Waals surface area contributed by atoms with Crippen LogP contribution >= 0.6 is 0 Å². The number of piperazine rings is 1. The highest BCUT2D eigenvalue weighted by molar-refractivity contribution is 6.04. The molecule has 0 radical (unpaired) electrons. The fourth-order valence-corrected chi connectivity index (χ4v) is 3.38. The number of hydrogen-bond acceptors (Lipinski definition) is 5. The summed E-state index contributed by atoms with van der Waals surface area (Å²) in [5.74, 6) is -0.539. The molecule has 1 aromatic heterocycles. The van der Waals surface area contributed by atoms with Gasteiger partial charge in [0.1, 0.15) is 17.4 Å². The van der Waals surface area contributed by atoms with Crippen molar-refractivity contribution in [2.45, 2.75) is 0 Å². The van der Waals surface area contributed by atoms with Crippen molar-refractivity contribution in [3.05, 3.63) is 78.2 Å². The van der Waals surface area contributed by atoms with E-state index in [0.717, 1.165) is 43.8 Å². The normalized spacial score (nSPS) is 14.0. The third-order valence-corrected chi connectivity index (χ3v) is 4.94. The number of carbonyl (C=O) groups is 1. The van der Waals surface area contributed by atoms with Crippen molar-refractivity contribution in [3.63, 3.8) is 0 Å². The van der Waals surface area contributed by atoms with E-state index in [9.17, 15) is 14.3 Å². The van der Waals surface area contributed by atoms with Gasteiger partial charge in [-0.2, -0.15) is 0 Å². The maximum Gasteiger partial charge on any atom is 0.258 e. The highest BCUT2D eigenvalue weighted by atomic mass is 19.1. The summed E-state index contributed by atoms with van der Waals surface area (Å²) in [6.07, 6.45) is 1.80. The van der Waals surface area contributed by atoms with Crippen molar-refractivity contribution in [1.82, 2.24) is 4.98 Å². The van der Waals surface area contributed by atoms with Gasteiger partial charge in [0.2, 0.25) is 0 Å². The van der Waals surface area contributed by atoms with Crippen molar-refractivity contribution >= 4 is 23.1 Å². The summed E-state index contributed by atoms with van der Waals surface area (Å²) in [7, 11) is 0. The Labute approximate surface area is 168 Å². The molecule has 0 spiro atoms. The molecule has 148 valence electrons. The highest BCUT2D eigenvalue weighted by Gasteiger charge is 2.18. The molecule has 0 saturated carbocycles. The Morgan fingerprint density at radius 3 is 2.34 bits per heavy atom. The molecule has 4 rings (SSSR count). The molecule has 1 aliphatic rings. The van der Waals surface area contributed by atoms with Crippen LogP contribution in [0, 0.1) is 5.82 Å². The van der Waals surface area contributed by atoms with Gasteiger partial charge in [-0.15, -0.1) is 0 Å². The van der Waals surface area contributed by atoms with Crippen molar-refractivity contribution in [2.75, 3.05) is 41.3 Å². The lowest BCUT2D eigenvalue weighted by Gasteiger charge is -2.36. The Morgan fingerprint density at radius 1 is 0.966 bits per heavy atom. The quantitative estimate of drug-likeness (QED) is 0.711. The molecule has 0 unspecified atom stereocenters. The SMILES string of the molecule is O=C(Nc1ccc(N2CCN(c3ccccn3)CC2)cc1)c1ccc(O)cc1F. The van der Waals surface area contributed by atoms with E-state index in [4.69, 9.17) is 0 Å². The first-order valence-electron chi connectivity index (χ1n) is 9.41. The van der Waals surface area contributed by atoms with Gasteiger partial charge < -0.3 is 20.2 Å². The van der Waals surface area contributed by atoms with Crippen molar-refractivity contribution < 1.29 is 14.3 Å². The van der Waals surface area contributed by atoms with Crippen LogP contribution in [0.1, 0.15) is 10.4 Å². The van der Waals surface area contributed by atoms with Crippen LogP contribution in [0.3, 0.4) is 0 Å². The molecule has 2 aromatic carbocycles. The minimum Gasteiger partial charge on any atom is -0.508 e. The number of rotatable bonds is 4. The minimum absolute atomic E-state index is 0.113. The van der Waals surface area contributed by atoms with Crippen LogP contribution < -0.4 is 15.1 Å². The standard InChI is InChI=1S/C22H21FN4O2/c23-20-15-18(28)8-9-19(20)22(29)25-16-4-6-17(7-5-16)26-11-13-27(14-12-26)21-3-1-2-10-24-21/h1-10,15,28H,11-14H2,(H,25,29). The van der Waals surface area contributed by atoms with Crippen LogP contribution in [-0.2, 0) is 0 Å². The number of pyridine rings is 1. The lowest BCUT2D eigenvalue weighted by Crippen LogP contribution is -2.46. The molecule has 3 aromatic rings. The number of carbonyl (C=O) groups excluding carboxylic acids is 1. The van der Waals surface area contributed by atoms with E-state index in [-0.39, 0.29) is 11.3 Å². The Kier molecular flexibility index (Phi) is 5.29. The Morgan fingerprint density at radius 2 is 1.69 bits per heavy atom. The lowest BCUT2D eigenvalue weighted by molar-refractivity contribution is 0.102. The fourth-order valence-electron chi connectivity index (χ4n) is 3.38. The molecule has 1 amide bonds. The third-order valence-electron chi connectivity index (χ3n) is 4.94. The van der Waals surface area contributed by atoms with Gasteiger partial charge in [-0.1, -0.05) is 6.07 Å². The van der Waals surface area contributed by atoms with E-state index in [1.54, 1.807) is 18.3 Å². The second-order valence-corrected chi connectivity index (χ2v) is 6.83. The molecule has 7 heteroatoms. The molecule has 1 aliphatic heterocycles. The van der Waals surface area contributed by atoms with E-state index in [0.29, 0.717) is 5.69 Å². The average molecular weight is 392 g/mol. The Balaban J connectivity index is 1.36. The largest absolute Gasteiger partial charge is 0.508 e. The molecule has 0 aliphatic carbocycles. The zero-order valence-corrected chi connectivity index (χ0v) is 15.8. The van der Waals surface area contributed by atoms with Crippen LogP contribution in [0.25, 0.3) is 0 Å². The summed E-state index contributed by atoms with van der Waals surface area (Å²) >= 11 is 0. The number of amides is 1. The van der Waals surface area contributed by atoms with Crippen LogP contribution in [0.15, 0.2) is 66.9 Å². The average Bonchev–Trinajstić information content (AvgIpc) is 2.75. The molecule has 2 N–H and O–H groups in total. The van der Waals surface area contributed by atoms with Gasteiger partial charge in [-0.3, -0.25) is 4.79 Å². The predicted molar refractivity (Wildman–Crippen MR) is 111 cm³/mol. The highest BCUT2D eigenvalue weighted by Crippen LogP contribution is 2.22. The first-order valence-corrected chi connectivity index (χ1v) is 9.41. The van der Waals surface area contributed by atoms with Gasteiger partial charge in [0.15, 0.2) is 0 Å².